The van der Waals surface area contributed by atoms with Gasteiger partial charge in [0.2, 0.25) is 5.91 Å². The van der Waals surface area contributed by atoms with Crippen LogP contribution >= 0.6 is 0 Å². The normalized spacial score (nSPS) is 18.3. The molecule has 38 heavy (non-hydrogen) atoms. The maximum atomic E-state index is 13.8. The van der Waals surface area contributed by atoms with Crippen molar-refractivity contribution in [3.8, 4) is 11.3 Å². The molecule has 1 aliphatic heterocycles. The lowest BCUT2D eigenvalue weighted by molar-refractivity contribution is -0.384. The van der Waals surface area contributed by atoms with E-state index in [0.29, 0.717) is 47.6 Å². The number of benzene rings is 2. The van der Waals surface area contributed by atoms with Gasteiger partial charge in [0.1, 0.15) is 17.6 Å². The average Bonchev–Trinajstić information content (AvgIpc) is 3.31. The molecule has 1 N–H and O–H groups in total. The zero-order chi connectivity index (χ0) is 27.0. The van der Waals surface area contributed by atoms with Crippen LogP contribution in [0.1, 0.15) is 64.7 Å². The fourth-order valence-corrected chi connectivity index (χ4v) is 5.41. The molecule has 2 aliphatic rings. The first-order valence-corrected chi connectivity index (χ1v) is 13.0. The third-order valence-electron chi connectivity index (χ3n) is 7.15. The molecule has 1 aliphatic carbocycles. The molecule has 2 aromatic carbocycles. The number of para-hydroxylation sites is 2. The predicted octanol–water partition coefficient (Wildman–Crippen LogP) is 7.19. The van der Waals surface area contributed by atoms with Crippen molar-refractivity contribution in [3.63, 3.8) is 0 Å². The number of nitrogens with zero attached hydrogens (tertiary/aromatic N) is 2. The number of rotatable bonds is 6. The summed E-state index contributed by atoms with van der Waals surface area (Å²) in [5, 5.41) is 14.8. The third-order valence-corrected chi connectivity index (χ3v) is 7.15. The van der Waals surface area contributed by atoms with Gasteiger partial charge in [-0.2, -0.15) is 0 Å². The minimum absolute atomic E-state index is 0.0249. The van der Waals surface area contributed by atoms with E-state index >= 15 is 0 Å². The van der Waals surface area contributed by atoms with Crippen molar-refractivity contribution in [3.05, 3.63) is 87.8 Å². The second kappa shape index (κ2) is 9.93. The first-order chi connectivity index (χ1) is 18.2. The van der Waals surface area contributed by atoms with Crippen LogP contribution in [0.5, 0.6) is 0 Å². The van der Waals surface area contributed by atoms with Gasteiger partial charge in [-0.25, -0.2) is 0 Å². The molecular formula is C30H31N3O5. The number of fused-ring (bicyclic) bond motifs is 1. The Balaban J connectivity index is 1.69. The Morgan fingerprint density at radius 3 is 2.68 bits per heavy atom. The lowest BCUT2D eigenvalue weighted by atomic mass is 9.74. The predicted molar refractivity (Wildman–Crippen MR) is 146 cm³/mol. The van der Waals surface area contributed by atoms with Gasteiger partial charge >= 0.3 is 0 Å². The Bertz CT molecular complexity index is 1450. The largest absolute Gasteiger partial charge is 0.458 e. The van der Waals surface area contributed by atoms with Crippen LogP contribution in [0.15, 0.2) is 76.4 Å². The van der Waals surface area contributed by atoms with Gasteiger partial charge in [-0.05, 0) is 42.5 Å². The summed E-state index contributed by atoms with van der Waals surface area (Å²) in [7, 11) is 0. The Morgan fingerprint density at radius 1 is 1.13 bits per heavy atom. The van der Waals surface area contributed by atoms with Crippen molar-refractivity contribution in [2.75, 3.05) is 10.2 Å². The van der Waals surface area contributed by atoms with Crippen LogP contribution < -0.4 is 10.2 Å². The highest BCUT2D eigenvalue weighted by Crippen LogP contribution is 2.49. The molecule has 8 nitrogen and oxygen atoms in total. The fraction of sp³-hybridized carbons (Fsp3) is 0.333. The van der Waals surface area contributed by atoms with Gasteiger partial charge in [0, 0.05) is 41.8 Å². The first-order valence-electron chi connectivity index (χ1n) is 13.0. The van der Waals surface area contributed by atoms with E-state index in [9.17, 15) is 19.7 Å². The summed E-state index contributed by atoms with van der Waals surface area (Å²) >= 11 is 0. The molecular weight excluding hydrogens is 482 g/mol. The van der Waals surface area contributed by atoms with Crippen LogP contribution in [0.25, 0.3) is 11.3 Å². The average molecular weight is 514 g/mol. The van der Waals surface area contributed by atoms with Crippen molar-refractivity contribution in [1.82, 2.24) is 0 Å². The number of amides is 1. The summed E-state index contributed by atoms with van der Waals surface area (Å²) in [5.74, 6) is 0.755. The summed E-state index contributed by atoms with van der Waals surface area (Å²) in [6.07, 6.45) is 2.93. The number of nitro benzene ring substituents is 1. The SMILES string of the molecule is CCCCC(=O)N1c2ccccc2NC2=C(C(=O)CC(C)(C)C2)C1c1ccc(-c2cccc([N+](=O)[O-])c2)o1. The number of non-ortho nitro benzene ring substituents is 1. The molecule has 0 saturated carbocycles. The topological polar surface area (TPSA) is 106 Å². The Morgan fingerprint density at radius 2 is 1.92 bits per heavy atom. The summed E-state index contributed by atoms with van der Waals surface area (Å²) in [6, 6.07) is 16.6. The van der Waals surface area contributed by atoms with Crippen molar-refractivity contribution in [2.45, 2.75) is 58.9 Å². The van der Waals surface area contributed by atoms with Gasteiger partial charge in [-0.3, -0.25) is 24.6 Å². The van der Waals surface area contributed by atoms with Gasteiger partial charge in [0.15, 0.2) is 5.78 Å². The molecule has 0 spiro atoms. The maximum absolute atomic E-state index is 13.8. The third kappa shape index (κ3) is 4.74. The second-order valence-electron chi connectivity index (χ2n) is 10.8. The van der Waals surface area contributed by atoms with Crippen molar-refractivity contribution in [2.24, 2.45) is 5.41 Å². The smallest absolute Gasteiger partial charge is 0.270 e. The van der Waals surface area contributed by atoms with Crippen LogP contribution in [-0.2, 0) is 9.59 Å². The van der Waals surface area contributed by atoms with Crippen LogP contribution in [0.2, 0.25) is 0 Å². The highest BCUT2D eigenvalue weighted by molar-refractivity contribution is 6.06. The zero-order valence-electron chi connectivity index (χ0n) is 21.8. The number of carbonyl (C=O) groups is 2. The van der Waals surface area contributed by atoms with Gasteiger partial charge < -0.3 is 9.73 Å². The number of unbranched alkanes of at least 4 members (excludes halogenated alkanes) is 1. The van der Waals surface area contributed by atoms with Gasteiger partial charge in [-0.15, -0.1) is 0 Å². The molecule has 8 heteroatoms. The van der Waals surface area contributed by atoms with Crippen LogP contribution in [0.4, 0.5) is 17.1 Å². The van der Waals surface area contributed by atoms with Gasteiger partial charge in [0.25, 0.3) is 5.69 Å². The number of hydrogen-bond acceptors (Lipinski definition) is 6. The van der Waals surface area contributed by atoms with E-state index in [2.05, 4.69) is 19.2 Å². The number of allylic oxidation sites excluding steroid dienone is 1. The highest BCUT2D eigenvalue weighted by Gasteiger charge is 2.44. The zero-order valence-corrected chi connectivity index (χ0v) is 21.8. The molecule has 0 fully saturated rings. The lowest BCUT2D eigenvalue weighted by Gasteiger charge is -2.36. The van der Waals surface area contributed by atoms with E-state index in [1.807, 2.05) is 31.2 Å². The first kappa shape index (κ1) is 25.4. The minimum atomic E-state index is -0.762. The Hall–Kier alpha value is -4.20. The van der Waals surface area contributed by atoms with Crippen molar-refractivity contribution < 1.29 is 18.9 Å². The van der Waals surface area contributed by atoms with E-state index in [1.54, 1.807) is 29.2 Å². The van der Waals surface area contributed by atoms with E-state index in [0.717, 1.165) is 24.2 Å². The highest BCUT2D eigenvalue weighted by atomic mass is 16.6. The van der Waals surface area contributed by atoms with E-state index in [1.165, 1.54) is 12.1 Å². The summed E-state index contributed by atoms with van der Waals surface area (Å²) in [5.41, 5.74) is 3.05. The van der Waals surface area contributed by atoms with Gasteiger partial charge in [0.05, 0.1) is 16.3 Å². The van der Waals surface area contributed by atoms with Gasteiger partial charge in [-0.1, -0.05) is 51.5 Å². The molecule has 0 radical (unpaired) electrons. The number of furan rings is 1. The van der Waals surface area contributed by atoms with E-state index < -0.39 is 11.0 Å². The number of hydrogen-bond donors (Lipinski definition) is 1. The molecule has 1 amide bonds. The number of anilines is 2. The molecule has 0 bridgehead atoms. The number of nitro groups is 1. The number of nitrogens with one attached hydrogen (secondary N) is 1. The molecule has 1 unspecified atom stereocenters. The van der Waals surface area contributed by atoms with Crippen LogP contribution in [-0.4, -0.2) is 16.6 Å². The molecule has 196 valence electrons. The van der Waals surface area contributed by atoms with E-state index in [-0.39, 0.29) is 22.8 Å². The standard InChI is InChI=1S/C30H31N3O5/c1-4-5-13-27(35)32-23-12-7-6-11-21(23)31-22-17-30(2,3)18-24(34)28(22)29(32)26-15-14-25(38-26)19-9-8-10-20(16-19)33(36)37/h6-12,14-16,29,31H,4-5,13,17-18H2,1-3H3. The summed E-state index contributed by atoms with van der Waals surface area (Å²) in [6.45, 7) is 6.17. The quantitative estimate of drug-likeness (QED) is 0.276. The maximum Gasteiger partial charge on any atom is 0.270 e. The Kier molecular flexibility index (Phi) is 6.65. The number of ketones is 1. The monoisotopic (exact) mass is 513 g/mol. The van der Waals surface area contributed by atoms with E-state index in [4.69, 9.17) is 4.42 Å². The molecule has 0 saturated heterocycles. The molecule has 1 atom stereocenters. The van der Waals surface area contributed by atoms with Crippen LogP contribution in [0.3, 0.4) is 0 Å². The molecule has 1 aromatic heterocycles. The summed E-state index contributed by atoms with van der Waals surface area (Å²) < 4.78 is 6.32. The molecule has 3 aromatic rings. The Labute approximate surface area is 221 Å². The summed E-state index contributed by atoms with van der Waals surface area (Å²) in [4.78, 5) is 40.1. The van der Waals surface area contributed by atoms with Crippen molar-refractivity contribution >= 4 is 28.8 Å². The number of carbonyl (C=O) groups excluding carboxylic acids is 2. The second-order valence-corrected chi connectivity index (χ2v) is 10.8. The minimum Gasteiger partial charge on any atom is -0.458 e. The fourth-order valence-electron chi connectivity index (χ4n) is 5.41. The molecule has 5 rings (SSSR count). The van der Waals surface area contributed by atoms with Crippen molar-refractivity contribution in [1.29, 1.82) is 0 Å². The molecule has 2 heterocycles. The number of Topliss-reactive ketones (excluding diaryl/α,β-unsaturated/α-hetero) is 1. The lowest BCUT2D eigenvalue weighted by Crippen LogP contribution is -2.39. The van der Waals surface area contributed by atoms with Crippen LogP contribution in [0, 0.1) is 15.5 Å².